The van der Waals surface area contributed by atoms with E-state index in [9.17, 15) is 18.0 Å². The van der Waals surface area contributed by atoms with Crippen molar-refractivity contribution in [3.8, 4) is 0 Å². The number of rotatable bonds is 3. The Bertz CT molecular complexity index is 671. The van der Waals surface area contributed by atoms with E-state index in [0.29, 0.717) is 0 Å². The highest BCUT2D eigenvalue weighted by Crippen LogP contribution is 2.20. The molecule has 0 aliphatic carbocycles. The molecule has 6 heteroatoms. The maximum atomic E-state index is 13.5. The van der Waals surface area contributed by atoms with Gasteiger partial charge in [-0.25, -0.2) is 13.2 Å². The van der Waals surface area contributed by atoms with Gasteiger partial charge in [0.05, 0.1) is 5.69 Å². The molecule has 0 unspecified atom stereocenters. The van der Waals surface area contributed by atoms with Gasteiger partial charge in [0.1, 0.15) is 0 Å². The van der Waals surface area contributed by atoms with Crippen LogP contribution in [0, 0.1) is 24.4 Å². The van der Waals surface area contributed by atoms with Crippen molar-refractivity contribution in [2.24, 2.45) is 0 Å². The van der Waals surface area contributed by atoms with Crippen molar-refractivity contribution >= 4 is 11.6 Å². The number of carbonyl (C=O) groups is 1. The SMILES string of the molecule is Cc1cc[n+]([C@H](C)C(=O)Nc2ccc(F)c(F)c2F)cc1. The average molecular weight is 295 g/mol. The Hall–Kier alpha value is -2.37. The molecule has 0 saturated carbocycles. The van der Waals surface area contributed by atoms with Crippen molar-refractivity contribution < 1.29 is 22.5 Å². The van der Waals surface area contributed by atoms with E-state index in [1.165, 1.54) is 0 Å². The Labute approximate surface area is 120 Å². The van der Waals surface area contributed by atoms with Crippen LogP contribution in [0.3, 0.4) is 0 Å². The van der Waals surface area contributed by atoms with Crippen molar-refractivity contribution in [2.45, 2.75) is 19.9 Å². The highest BCUT2D eigenvalue weighted by molar-refractivity contribution is 5.92. The molecule has 0 radical (unpaired) electrons. The van der Waals surface area contributed by atoms with Gasteiger partial charge in [-0.05, 0) is 24.6 Å². The first kappa shape index (κ1) is 15.0. The van der Waals surface area contributed by atoms with E-state index in [1.807, 2.05) is 19.1 Å². The monoisotopic (exact) mass is 295 g/mol. The van der Waals surface area contributed by atoms with E-state index in [-0.39, 0.29) is 0 Å². The smallest absolute Gasteiger partial charge is 0.293 e. The minimum Gasteiger partial charge on any atom is -0.318 e. The van der Waals surface area contributed by atoms with Crippen LogP contribution in [0.4, 0.5) is 18.9 Å². The fourth-order valence-corrected chi connectivity index (χ4v) is 1.77. The van der Waals surface area contributed by atoms with Gasteiger partial charge in [-0.1, -0.05) is 0 Å². The van der Waals surface area contributed by atoms with Gasteiger partial charge < -0.3 is 5.32 Å². The number of halogens is 3. The zero-order valence-corrected chi connectivity index (χ0v) is 11.5. The summed E-state index contributed by atoms with van der Waals surface area (Å²) in [7, 11) is 0. The Balaban J connectivity index is 2.18. The number of hydrogen-bond donors (Lipinski definition) is 1. The van der Waals surface area contributed by atoms with Gasteiger partial charge in [0, 0.05) is 19.1 Å². The number of anilines is 1. The minimum absolute atomic E-state index is 0.390. The van der Waals surface area contributed by atoms with E-state index in [2.05, 4.69) is 5.32 Å². The molecule has 110 valence electrons. The summed E-state index contributed by atoms with van der Waals surface area (Å²) < 4.78 is 41.1. The Morgan fingerprint density at radius 3 is 2.33 bits per heavy atom. The van der Waals surface area contributed by atoms with Crippen LogP contribution in [-0.4, -0.2) is 5.91 Å². The third-order valence-electron chi connectivity index (χ3n) is 3.14. The van der Waals surface area contributed by atoms with Gasteiger partial charge in [0.25, 0.3) is 5.91 Å². The fraction of sp³-hybridized carbons (Fsp3) is 0.200. The summed E-state index contributed by atoms with van der Waals surface area (Å²) in [4.78, 5) is 12.0. The number of nitrogens with one attached hydrogen (secondary N) is 1. The Kier molecular flexibility index (Phi) is 4.26. The second kappa shape index (κ2) is 5.95. The maximum Gasteiger partial charge on any atom is 0.293 e. The minimum atomic E-state index is -1.61. The van der Waals surface area contributed by atoms with Gasteiger partial charge in [0.2, 0.25) is 6.04 Å². The van der Waals surface area contributed by atoms with E-state index >= 15 is 0 Å². The van der Waals surface area contributed by atoms with E-state index < -0.39 is 35.1 Å². The number of benzene rings is 1. The molecule has 0 aliphatic rings. The van der Waals surface area contributed by atoms with E-state index in [4.69, 9.17) is 0 Å². The molecule has 0 fully saturated rings. The molecular formula is C15H14F3N2O+. The summed E-state index contributed by atoms with van der Waals surface area (Å²) in [5, 5.41) is 2.25. The van der Waals surface area contributed by atoms with Crippen LogP contribution in [-0.2, 0) is 4.79 Å². The molecule has 0 aliphatic heterocycles. The zero-order chi connectivity index (χ0) is 15.6. The molecule has 0 saturated heterocycles. The molecule has 1 aromatic carbocycles. The van der Waals surface area contributed by atoms with E-state index in [0.717, 1.165) is 17.7 Å². The normalized spacial score (nSPS) is 12.0. The first-order chi connectivity index (χ1) is 9.90. The summed E-state index contributed by atoms with van der Waals surface area (Å²) in [5.41, 5.74) is 0.643. The number of carbonyl (C=O) groups excluding carboxylic acids is 1. The highest BCUT2D eigenvalue weighted by Gasteiger charge is 2.24. The average Bonchev–Trinajstić information content (AvgIpc) is 2.48. The van der Waals surface area contributed by atoms with Crippen molar-refractivity contribution in [2.75, 3.05) is 5.32 Å². The lowest BCUT2D eigenvalue weighted by Gasteiger charge is -2.10. The molecule has 1 atom stereocenters. The third kappa shape index (κ3) is 3.21. The number of nitrogens with zero attached hydrogens (tertiary/aromatic N) is 1. The van der Waals surface area contributed by atoms with Gasteiger partial charge in [-0.3, -0.25) is 4.79 Å². The number of aryl methyl sites for hydroxylation is 1. The number of amides is 1. The molecule has 1 aromatic heterocycles. The largest absolute Gasteiger partial charge is 0.318 e. The lowest BCUT2D eigenvalue weighted by molar-refractivity contribution is -0.705. The number of aromatic nitrogens is 1. The molecule has 2 rings (SSSR count). The fourth-order valence-electron chi connectivity index (χ4n) is 1.77. The van der Waals surface area contributed by atoms with Gasteiger partial charge in [-0.15, -0.1) is 0 Å². The zero-order valence-electron chi connectivity index (χ0n) is 11.5. The highest BCUT2D eigenvalue weighted by atomic mass is 19.2. The summed E-state index contributed by atoms with van der Waals surface area (Å²) in [5.74, 6) is -4.85. The topological polar surface area (TPSA) is 33.0 Å². The van der Waals surface area contributed by atoms with Crippen LogP contribution in [0.2, 0.25) is 0 Å². The maximum absolute atomic E-state index is 13.5. The van der Waals surface area contributed by atoms with Crippen molar-refractivity contribution in [1.29, 1.82) is 0 Å². The van der Waals surface area contributed by atoms with Crippen LogP contribution in [0.15, 0.2) is 36.7 Å². The molecule has 1 amide bonds. The first-order valence-corrected chi connectivity index (χ1v) is 6.32. The predicted molar refractivity (Wildman–Crippen MR) is 71.0 cm³/mol. The molecule has 1 N–H and O–H groups in total. The lowest BCUT2D eigenvalue weighted by atomic mass is 10.2. The molecule has 3 nitrogen and oxygen atoms in total. The van der Waals surface area contributed by atoms with E-state index in [1.54, 1.807) is 23.9 Å². The second-order valence-corrected chi connectivity index (χ2v) is 4.71. The Morgan fingerprint density at radius 1 is 1.10 bits per heavy atom. The predicted octanol–water partition coefficient (Wildman–Crippen LogP) is 2.90. The van der Waals surface area contributed by atoms with Crippen molar-refractivity contribution in [3.05, 3.63) is 59.7 Å². The summed E-state index contributed by atoms with van der Waals surface area (Å²) in [6.45, 7) is 3.52. The molecule has 1 heterocycles. The van der Waals surface area contributed by atoms with Crippen molar-refractivity contribution in [1.82, 2.24) is 0 Å². The second-order valence-electron chi connectivity index (χ2n) is 4.71. The number of hydrogen-bond acceptors (Lipinski definition) is 1. The Morgan fingerprint density at radius 2 is 1.71 bits per heavy atom. The third-order valence-corrected chi connectivity index (χ3v) is 3.14. The van der Waals surface area contributed by atoms with Crippen LogP contribution in [0.1, 0.15) is 18.5 Å². The lowest BCUT2D eigenvalue weighted by Crippen LogP contribution is -2.44. The summed E-state index contributed by atoms with van der Waals surface area (Å²) in [6, 6.07) is 4.76. The van der Waals surface area contributed by atoms with Crippen LogP contribution >= 0.6 is 0 Å². The van der Waals surface area contributed by atoms with Crippen LogP contribution in [0.5, 0.6) is 0 Å². The summed E-state index contributed by atoms with van der Waals surface area (Å²) >= 11 is 0. The van der Waals surface area contributed by atoms with Crippen LogP contribution < -0.4 is 9.88 Å². The molecular weight excluding hydrogens is 281 g/mol. The molecule has 2 aromatic rings. The van der Waals surface area contributed by atoms with Crippen LogP contribution in [0.25, 0.3) is 0 Å². The van der Waals surface area contributed by atoms with Gasteiger partial charge >= 0.3 is 0 Å². The molecule has 0 bridgehead atoms. The quantitative estimate of drug-likeness (QED) is 0.685. The van der Waals surface area contributed by atoms with Gasteiger partial charge in [-0.2, -0.15) is 4.57 Å². The molecule has 0 spiro atoms. The standard InChI is InChI=1S/C15H13F3N2O/c1-9-5-7-20(8-6-9)10(2)15(21)19-12-4-3-11(16)13(17)14(12)18/h3-8,10H,1-2H3/p+1/t10-/m1/s1. The summed E-state index contributed by atoms with van der Waals surface area (Å²) in [6.07, 6.45) is 3.42. The van der Waals surface area contributed by atoms with Crippen molar-refractivity contribution in [3.63, 3.8) is 0 Å². The molecule has 21 heavy (non-hydrogen) atoms. The van der Waals surface area contributed by atoms with Gasteiger partial charge in [0.15, 0.2) is 29.8 Å². The number of pyridine rings is 1. The first-order valence-electron chi connectivity index (χ1n) is 6.32.